The molecule has 1 aliphatic rings. The lowest BCUT2D eigenvalue weighted by Gasteiger charge is -2.22. The van der Waals surface area contributed by atoms with E-state index >= 15 is 0 Å². The highest BCUT2D eigenvalue weighted by Crippen LogP contribution is 2.25. The molecular formula is C25H24N2O2. The lowest BCUT2D eigenvalue weighted by Crippen LogP contribution is -2.36. The Morgan fingerprint density at radius 3 is 1.93 bits per heavy atom. The van der Waals surface area contributed by atoms with E-state index in [1.165, 1.54) is 0 Å². The molecular weight excluding hydrogens is 360 g/mol. The minimum absolute atomic E-state index is 0.0324. The molecule has 0 bridgehead atoms. The zero-order chi connectivity index (χ0) is 20.1. The summed E-state index contributed by atoms with van der Waals surface area (Å²) in [5.74, 6) is -0.377. The summed E-state index contributed by atoms with van der Waals surface area (Å²) in [5.41, 5.74) is 3.13. The monoisotopic (exact) mass is 384 g/mol. The number of likely N-dealkylation sites (tertiary alicyclic amines) is 1. The second-order valence-corrected chi connectivity index (χ2v) is 7.42. The van der Waals surface area contributed by atoms with Crippen LogP contribution in [0.15, 0.2) is 91.0 Å². The van der Waals surface area contributed by atoms with Crippen molar-refractivity contribution in [2.75, 3.05) is 6.54 Å². The number of nitrogens with one attached hydrogen (secondary N) is 1. The molecule has 0 spiro atoms. The number of hydrogen-bond donors (Lipinski definition) is 1. The van der Waals surface area contributed by atoms with Crippen molar-refractivity contribution in [1.82, 2.24) is 10.2 Å². The predicted molar refractivity (Wildman–Crippen MR) is 113 cm³/mol. The van der Waals surface area contributed by atoms with Crippen LogP contribution >= 0.6 is 0 Å². The molecule has 4 rings (SSSR count). The van der Waals surface area contributed by atoms with Crippen molar-refractivity contribution in [3.8, 4) is 0 Å². The quantitative estimate of drug-likeness (QED) is 0.700. The summed E-state index contributed by atoms with van der Waals surface area (Å²) in [4.78, 5) is 27.3. The van der Waals surface area contributed by atoms with Crippen LogP contribution in [-0.2, 0) is 16.1 Å². The van der Waals surface area contributed by atoms with Gasteiger partial charge in [-0.05, 0) is 16.7 Å². The largest absolute Gasteiger partial charge is 0.345 e. The van der Waals surface area contributed by atoms with Crippen LogP contribution in [0.2, 0.25) is 0 Å². The third-order valence-electron chi connectivity index (χ3n) is 5.35. The molecule has 2 amide bonds. The Morgan fingerprint density at radius 2 is 1.38 bits per heavy atom. The van der Waals surface area contributed by atoms with Crippen LogP contribution in [0.1, 0.15) is 29.2 Å². The molecule has 1 saturated heterocycles. The van der Waals surface area contributed by atoms with Crippen LogP contribution in [0.5, 0.6) is 0 Å². The van der Waals surface area contributed by atoms with E-state index in [4.69, 9.17) is 0 Å². The zero-order valence-corrected chi connectivity index (χ0v) is 16.2. The second-order valence-electron chi connectivity index (χ2n) is 7.42. The van der Waals surface area contributed by atoms with Crippen molar-refractivity contribution in [1.29, 1.82) is 0 Å². The van der Waals surface area contributed by atoms with Crippen LogP contribution in [0.4, 0.5) is 0 Å². The number of carbonyl (C=O) groups is 2. The van der Waals surface area contributed by atoms with Crippen LogP contribution < -0.4 is 5.32 Å². The van der Waals surface area contributed by atoms with Gasteiger partial charge < -0.3 is 10.2 Å². The van der Waals surface area contributed by atoms with Crippen molar-refractivity contribution in [2.24, 2.45) is 5.92 Å². The highest BCUT2D eigenvalue weighted by Gasteiger charge is 2.35. The first-order valence-corrected chi connectivity index (χ1v) is 9.92. The Hall–Kier alpha value is -3.40. The molecule has 1 fully saturated rings. The lowest BCUT2D eigenvalue weighted by atomic mass is 9.97. The first-order valence-electron chi connectivity index (χ1n) is 9.92. The lowest BCUT2D eigenvalue weighted by molar-refractivity contribution is -0.129. The van der Waals surface area contributed by atoms with Gasteiger partial charge in [0.1, 0.15) is 0 Å². The second kappa shape index (κ2) is 8.74. The Labute approximate surface area is 171 Å². The Morgan fingerprint density at radius 1 is 0.862 bits per heavy atom. The Kier molecular flexibility index (Phi) is 5.71. The number of benzene rings is 3. The van der Waals surface area contributed by atoms with Crippen molar-refractivity contribution >= 4 is 11.8 Å². The summed E-state index contributed by atoms with van der Waals surface area (Å²) in [5, 5.41) is 3.18. The first kappa shape index (κ1) is 18.9. The number of amides is 2. The summed E-state index contributed by atoms with van der Waals surface area (Å²) in [6.07, 6.45) is 0.259. The van der Waals surface area contributed by atoms with Crippen molar-refractivity contribution < 1.29 is 9.59 Å². The molecule has 1 aliphatic heterocycles. The van der Waals surface area contributed by atoms with Gasteiger partial charge >= 0.3 is 0 Å². The zero-order valence-electron chi connectivity index (χ0n) is 16.2. The molecule has 1 N–H and O–H groups in total. The Bertz CT molecular complexity index is 918. The van der Waals surface area contributed by atoms with Gasteiger partial charge in [-0.1, -0.05) is 91.0 Å². The maximum Gasteiger partial charge on any atom is 0.226 e. The van der Waals surface area contributed by atoms with E-state index in [1.54, 1.807) is 4.90 Å². The average molecular weight is 384 g/mol. The van der Waals surface area contributed by atoms with Gasteiger partial charge in [-0.2, -0.15) is 0 Å². The first-order chi connectivity index (χ1) is 14.2. The van der Waals surface area contributed by atoms with Crippen molar-refractivity contribution in [3.05, 3.63) is 108 Å². The van der Waals surface area contributed by atoms with Gasteiger partial charge in [0.2, 0.25) is 11.8 Å². The van der Waals surface area contributed by atoms with Gasteiger partial charge in [0, 0.05) is 19.5 Å². The topological polar surface area (TPSA) is 49.4 Å². The average Bonchev–Trinajstić information content (AvgIpc) is 3.14. The number of nitrogens with zero attached hydrogens (tertiary/aromatic N) is 1. The molecule has 146 valence electrons. The van der Waals surface area contributed by atoms with E-state index < -0.39 is 0 Å². The third kappa shape index (κ3) is 4.54. The Balaban J connectivity index is 1.47. The molecule has 3 aromatic rings. The van der Waals surface area contributed by atoms with Gasteiger partial charge in [0.25, 0.3) is 0 Å². The third-order valence-corrected chi connectivity index (χ3v) is 5.35. The smallest absolute Gasteiger partial charge is 0.226 e. The number of hydrogen-bond acceptors (Lipinski definition) is 2. The van der Waals surface area contributed by atoms with Crippen LogP contribution in [0, 0.1) is 5.92 Å². The molecule has 4 heteroatoms. The maximum absolute atomic E-state index is 13.1. The minimum atomic E-state index is -0.332. The summed E-state index contributed by atoms with van der Waals surface area (Å²) in [6.45, 7) is 1.00. The molecule has 0 aliphatic carbocycles. The van der Waals surface area contributed by atoms with Gasteiger partial charge in [-0.25, -0.2) is 0 Å². The minimum Gasteiger partial charge on any atom is -0.345 e. The number of carbonyl (C=O) groups excluding carboxylic acids is 2. The van der Waals surface area contributed by atoms with E-state index in [9.17, 15) is 9.59 Å². The predicted octanol–water partition coefficient (Wildman–Crippen LogP) is 3.94. The van der Waals surface area contributed by atoms with Gasteiger partial charge in [0.05, 0.1) is 12.0 Å². The molecule has 0 saturated carbocycles. The highest BCUT2D eigenvalue weighted by molar-refractivity contribution is 5.89. The van der Waals surface area contributed by atoms with E-state index in [0.29, 0.717) is 13.1 Å². The molecule has 1 heterocycles. The molecule has 1 atom stereocenters. The summed E-state index contributed by atoms with van der Waals surface area (Å²) >= 11 is 0. The molecule has 0 unspecified atom stereocenters. The number of rotatable bonds is 6. The van der Waals surface area contributed by atoms with Crippen LogP contribution in [0.3, 0.4) is 0 Å². The highest BCUT2D eigenvalue weighted by atomic mass is 16.2. The molecule has 0 radical (unpaired) electrons. The fraction of sp³-hybridized carbons (Fsp3) is 0.200. The van der Waals surface area contributed by atoms with E-state index in [-0.39, 0.29) is 30.2 Å². The molecule has 29 heavy (non-hydrogen) atoms. The fourth-order valence-electron chi connectivity index (χ4n) is 3.81. The molecule has 0 aromatic heterocycles. The summed E-state index contributed by atoms with van der Waals surface area (Å²) < 4.78 is 0. The van der Waals surface area contributed by atoms with Crippen molar-refractivity contribution in [3.63, 3.8) is 0 Å². The summed E-state index contributed by atoms with van der Waals surface area (Å²) in [7, 11) is 0. The molecule has 4 nitrogen and oxygen atoms in total. The maximum atomic E-state index is 13.1. The van der Waals surface area contributed by atoms with Crippen LogP contribution in [-0.4, -0.2) is 23.3 Å². The van der Waals surface area contributed by atoms with E-state index in [2.05, 4.69) is 5.32 Å². The standard InChI is InChI=1S/C25H24N2O2/c28-23-16-22(18-27(23)17-19-10-4-1-5-11-19)25(29)26-24(20-12-6-2-7-13-20)21-14-8-3-9-15-21/h1-15,22,24H,16-18H2,(H,26,29)/t22-/m0/s1. The van der Waals surface area contributed by atoms with E-state index in [1.807, 2.05) is 91.0 Å². The fourth-order valence-corrected chi connectivity index (χ4v) is 3.81. The molecule has 3 aromatic carbocycles. The SMILES string of the molecule is O=C(NC(c1ccccc1)c1ccccc1)[C@H]1CC(=O)N(Cc2ccccc2)C1. The van der Waals surface area contributed by atoms with Crippen molar-refractivity contribution in [2.45, 2.75) is 19.0 Å². The van der Waals surface area contributed by atoms with Crippen LogP contribution in [0.25, 0.3) is 0 Å². The van der Waals surface area contributed by atoms with Gasteiger partial charge in [0.15, 0.2) is 0 Å². The normalized spacial score (nSPS) is 16.2. The van der Waals surface area contributed by atoms with Gasteiger partial charge in [-0.15, -0.1) is 0 Å². The summed E-state index contributed by atoms with van der Waals surface area (Å²) in [6, 6.07) is 29.5. The van der Waals surface area contributed by atoms with E-state index in [0.717, 1.165) is 16.7 Å². The van der Waals surface area contributed by atoms with Gasteiger partial charge in [-0.3, -0.25) is 9.59 Å².